The number of ether oxygens (including phenoxy) is 5. The van der Waals surface area contributed by atoms with Crippen molar-refractivity contribution in [3.05, 3.63) is 30.5 Å². The molecule has 0 bridgehead atoms. The molecule has 14 heteroatoms. The smallest absolute Gasteiger partial charge is 0.303 e. The molecule has 0 radical (unpaired) electrons. The predicted octanol–water partition coefficient (Wildman–Crippen LogP) is 2.32. The van der Waals surface area contributed by atoms with Gasteiger partial charge in [-0.25, -0.2) is 5.48 Å². The summed E-state index contributed by atoms with van der Waals surface area (Å²) in [4.78, 5) is 45.9. The Morgan fingerprint density at radius 2 is 1.71 bits per heavy atom. The average molecular weight is 577 g/mol. The van der Waals surface area contributed by atoms with Crippen LogP contribution in [-0.2, 0) is 44.7 Å². The number of amides is 1. The normalized spacial score (nSPS) is 20.1. The van der Waals surface area contributed by atoms with Gasteiger partial charge in [-0.3, -0.25) is 29.1 Å². The zero-order valence-corrected chi connectivity index (χ0v) is 23.3. The number of hydroxylamine groups is 1. The molecule has 41 heavy (non-hydrogen) atoms. The Labute approximate surface area is 237 Å². The number of unbranched alkanes of at least 4 members (excludes halogenated alkanes) is 3. The van der Waals surface area contributed by atoms with E-state index in [9.17, 15) is 19.2 Å². The van der Waals surface area contributed by atoms with E-state index in [0.29, 0.717) is 30.8 Å². The van der Waals surface area contributed by atoms with E-state index in [1.807, 2.05) is 6.20 Å². The highest BCUT2D eigenvalue weighted by atomic mass is 16.7. The van der Waals surface area contributed by atoms with Crippen LogP contribution >= 0.6 is 0 Å². The van der Waals surface area contributed by atoms with Crippen molar-refractivity contribution in [1.29, 1.82) is 0 Å². The Bertz CT molecular complexity index is 1170. The van der Waals surface area contributed by atoms with E-state index in [1.54, 1.807) is 34.4 Å². The van der Waals surface area contributed by atoms with Crippen molar-refractivity contribution in [2.24, 2.45) is 0 Å². The minimum Gasteiger partial charge on any atom is -0.463 e. The first-order valence-corrected chi connectivity index (χ1v) is 13.4. The molecular formula is C27H36N4O10. The van der Waals surface area contributed by atoms with Crippen molar-refractivity contribution in [3.63, 3.8) is 0 Å². The number of nitrogens with one attached hydrogen (secondary N) is 1. The summed E-state index contributed by atoms with van der Waals surface area (Å²) in [7, 11) is 0. The van der Waals surface area contributed by atoms with Gasteiger partial charge in [-0.1, -0.05) is 18.1 Å². The lowest BCUT2D eigenvalue weighted by molar-refractivity contribution is -0.254. The zero-order chi connectivity index (χ0) is 29.8. The quantitative estimate of drug-likeness (QED) is 0.110. The molecule has 0 aliphatic carbocycles. The van der Waals surface area contributed by atoms with Gasteiger partial charge in [-0.05, 0) is 37.1 Å². The number of aryl methyl sites for hydroxylation is 1. The summed E-state index contributed by atoms with van der Waals surface area (Å²) in [6.07, 6.45) is 1.91. The maximum Gasteiger partial charge on any atom is 0.303 e. The minimum absolute atomic E-state index is 0.0881. The number of carbonyl (C=O) groups is 4. The molecule has 0 saturated carbocycles. The van der Waals surface area contributed by atoms with Crippen LogP contribution in [0.2, 0.25) is 0 Å². The van der Waals surface area contributed by atoms with Gasteiger partial charge >= 0.3 is 17.9 Å². The molecule has 1 fully saturated rings. The fraction of sp³-hybridized carbons (Fsp3) is 0.556. The molecule has 224 valence electrons. The average Bonchev–Trinajstić information content (AvgIpc) is 3.40. The van der Waals surface area contributed by atoms with Gasteiger partial charge in [0.2, 0.25) is 18.3 Å². The zero-order valence-electron chi connectivity index (χ0n) is 23.3. The number of aromatic nitrogens is 3. The number of esters is 3. The highest BCUT2D eigenvalue weighted by molar-refractivity contribution is 5.74. The van der Waals surface area contributed by atoms with Crippen molar-refractivity contribution >= 4 is 23.8 Å². The second-order valence-electron chi connectivity index (χ2n) is 9.59. The molecule has 0 unspecified atom stereocenters. The van der Waals surface area contributed by atoms with Gasteiger partial charge in [-0.2, -0.15) is 0 Å². The highest BCUT2D eigenvalue weighted by Gasteiger charge is 2.45. The maximum atomic E-state index is 11.8. The van der Waals surface area contributed by atoms with E-state index in [4.69, 9.17) is 28.9 Å². The van der Waals surface area contributed by atoms with Crippen molar-refractivity contribution in [3.8, 4) is 17.0 Å². The molecule has 1 saturated heterocycles. The summed E-state index contributed by atoms with van der Waals surface area (Å²) >= 11 is 0. The summed E-state index contributed by atoms with van der Waals surface area (Å²) in [6.45, 7) is 4.33. The van der Waals surface area contributed by atoms with E-state index in [2.05, 4.69) is 10.3 Å². The molecule has 2 aromatic rings. The minimum atomic E-state index is -1.14. The molecule has 1 amide bonds. The SMILES string of the molecule is CC(=O)OC[C@@H]1C[C@H](OC(C)=O)[C@H](OC(C)=O)[C@@H](Oc2ccc(-c3cn(CCCCCCC(=O)NO)nn3)cc2)O1. The van der Waals surface area contributed by atoms with Crippen LogP contribution in [0.25, 0.3) is 11.3 Å². The van der Waals surface area contributed by atoms with E-state index < -0.39 is 42.5 Å². The monoisotopic (exact) mass is 576 g/mol. The fourth-order valence-electron chi connectivity index (χ4n) is 4.30. The van der Waals surface area contributed by atoms with Crippen LogP contribution in [-0.4, -0.2) is 75.2 Å². The molecule has 3 rings (SSSR count). The van der Waals surface area contributed by atoms with Gasteiger partial charge in [0, 0.05) is 45.7 Å². The lowest BCUT2D eigenvalue weighted by atomic mass is 10.0. The first-order valence-electron chi connectivity index (χ1n) is 13.4. The third kappa shape index (κ3) is 10.5. The van der Waals surface area contributed by atoms with Gasteiger partial charge in [-0.15, -0.1) is 5.10 Å². The summed E-state index contributed by atoms with van der Waals surface area (Å²) in [6, 6.07) is 6.97. The van der Waals surface area contributed by atoms with Crippen LogP contribution in [0.1, 0.15) is 59.3 Å². The molecule has 2 heterocycles. The second kappa shape index (κ2) is 15.7. The first kappa shape index (κ1) is 31.5. The second-order valence-corrected chi connectivity index (χ2v) is 9.59. The van der Waals surface area contributed by atoms with E-state index in [0.717, 1.165) is 24.8 Å². The highest BCUT2D eigenvalue weighted by Crippen LogP contribution is 2.29. The van der Waals surface area contributed by atoms with Crippen LogP contribution in [0.4, 0.5) is 0 Å². The van der Waals surface area contributed by atoms with Crippen molar-refractivity contribution in [2.45, 2.75) is 90.4 Å². The number of hydrogen-bond acceptors (Lipinski definition) is 12. The number of nitrogens with zero attached hydrogens (tertiary/aromatic N) is 3. The first-order chi connectivity index (χ1) is 19.6. The largest absolute Gasteiger partial charge is 0.463 e. The summed E-state index contributed by atoms with van der Waals surface area (Å²) in [5.74, 6) is -1.64. The van der Waals surface area contributed by atoms with E-state index in [1.165, 1.54) is 20.8 Å². The Morgan fingerprint density at radius 3 is 2.37 bits per heavy atom. The molecular weight excluding hydrogens is 540 g/mol. The number of rotatable bonds is 14. The van der Waals surface area contributed by atoms with Crippen LogP contribution < -0.4 is 10.2 Å². The molecule has 1 aliphatic heterocycles. The van der Waals surface area contributed by atoms with Gasteiger partial charge in [0.05, 0.1) is 12.3 Å². The molecule has 14 nitrogen and oxygen atoms in total. The third-order valence-corrected chi connectivity index (χ3v) is 6.16. The van der Waals surface area contributed by atoms with Gasteiger partial charge in [0.25, 0.3) is 0 Å². The van der Waals surface area contributed by atoms with E-state index in [-0.39, 0.29) is 18.9 Å². The number of hydrogen-bond donors (Lipinski definition) is 2. The Kier molecular flexibility index (Phi) is 12.0. The molecule has 1 aromatic carbocycles. The standard InChI is InChI=1S/C27H36N4O10/c1-17(32)37-16-22-14-24(38-18(2)33)26(39-19(3)34)27(41-22)40-21-11-9-20(10-12-21)23-15-31(30-28-23)13-7-5-4-6-8-25(35)29-36/h9-12,15,22,24,26-27,36H,4-8,13-14,16H2,1-3H3,(H,29,35)/t22-,24-,26-,27-/m0/s1. The Hall–Kier alpha value is -4.04. The Balaban J connectivity index is 1.62. The van der Waals surface area contributed by atoms with Gasteiger partial charge < -0.3 is 23.7 Å². The van der Waals surface area contributed by atoms with Crippen LogP contribution in [0.3, 0.4) is 0 Å². The fourth-order valence-corrected chi connectivity index (χ4v) is 4.30. The van der Waals surface area contributed by atoms with Gasteiger partial charge in [0.1, 0.15) is 24.2 Å². The van der Waals surface area contributed by atoms with Crippen LogP contribution in [0.5, 0.6) is 5.75 Å². The molecule has 1 aromatic heterocycles. The lowest BCUT2D eigenvalue weighted by Gasteiger charge is -2.39. The van der Waals surface area contributed by atoms with Gasteiger partial charge in [0.15, 0.2) is 0 Å². The molecule has 2 N–H and O–H groups in total. The van der Waals surface area contributed by atoms with Crippen molar-refractivity contribution in [2.75, 3.05) is 6.61 Å². The van der Waals surface area contributed by atoms with Crippen molar-refractivity contribution in [1.82, 2.24) is 20.5 Å². The van der Waals surface area contributed by atoms with E-state index >= 15 is 0 Å². The Morgan fingerprint density at radius 1 is 1.00 bits per heavy atom. The number of benzene rings is 1. The lowest BCUT2D eigenvalue weighted by Crippen LogP contribution is -2.55. The molecule has 4 atom stereocenters. The van der Waals surface area contributed by atoms with Crippen LogP contribution in [0.15, 0.2) is 30.5 Å². The topological polar surface area (TPSA) is 177 Å². The van der Waals surface area contributed by atoms with Crippen molar-refractivity contribution < 1.29 is 48.1 Å². The third-order valence-electron chi connectivity index (χ3n) is 6.16. The predicted molar refractivity (Wildman–Crippen MR) is 140 cm³/mol. The van der Waals surface area contributed by atoms with Crippen LogP contribution in [0, 0.1) is 0 Å². The summed E-state index contributed by atoms with van der Waals surface area (Å²) in [5, 5.41) is 16.9. The summed E-state index contributed by atoms with van der Waals surface area (Å²) < 4.78 is 29.6. The summed E-state index contributed by atoms with van der Waals surface area (Å²) in [5.41, 5.74) is 3.09. The number of carbonyl (C=O) groups excluding carboxylic acids is 4. The molecule has 1 aliphatic rings. The maximum absolute atomic E-state index is 11.8. The molecule has 0 spiro atoms.